The van der Waals surface area contributed by atoms with E-state index >= 15 is 0 Å². The average molecular weight is 437 g/mol. The summed E-state index contributed by atoms with van der Waals surface area (Å²) in [6.45, 7) is 0.0498. The molecule has 3 rings (SSSR count). The van der Waals surface area contributed by atoms with Crippen molar-refractivity contribution in [1.82, 2.24) is 4.90 Å². The van der Waals surface area contributed by atoms with Crippen LogP contribution in [0.5, 0.6) is 5.75 Å². The van der Waals surface area contributed by atoms with Crippen LogP contribution in [0.25, 0.3) is 0 Å². The zero-order valence-corrected chi connectivity index (χ0v) is 17.5. The molecule has 29 heavy (non-hydrogen) atoms. The normalized spacial score (nSPS) is 20.9. The number of β-lactam (4-membered cyclic amide) rings is 1. The molecule has 0 aromatic heterocycles. The number of hydrogen-bond donors (Lipinski definition) is 1. The van der Waals surface area contributed by atoms with Gasteiger partial charge in [-0.25, -0.2) is 9.59 Å². The van der Waals surface area contributed by atoms with E-state index in [4.69, 9.17) is 15.2 Å². The first-order valence-electron chi connectivity index (χ1n) is 8.61. The lowest BCUT2D eigenvalue weighted by Crippen LogP contribution is -2.68. The number of nitrogens with two attached hydrogens (primary N) is 1. The highest BCUT2D eigenvalue weighted by Crippen LogP contribution is 2.43. The van der Waals surface area contributed by atoms with Crippen LogP contribution in [0.1, 0.15) is 5.56 Å². The van der Waals surface area contributed by atoms with Crippen LogP contribution < -0.4 is 10.5 Å². The molecule has 2 aliphatic rings. The Balaban J connectivity index is 1.76. The maximum atomic E-state index is 12.8. The van der Waals surface area contributed by atoms with Crippen molar-refractivity contribution in [3.05, 3.63) is 51.9 Å². The molecule has 0 spiro atoms. The summed E-state index contributed by atoms with van der Waals surface area (Å²) in [6.07, 6.45) is 1.25. The molecule has 1 fully saturated rings. The Kier molecular flexibility index (Phi) is 6.88. The molecule has 0 unspecified atom stereocenters. The second-order valence-corrected chi connectivity index (χ2v) is 8.18. The number of thioether (sulfide) groups is 2. The highest BCUT2D eigenvalue weighted by Gasteiger charge is 2.52. The topological polar surface area (TPSA) is 108 Å². The van der Waals surface area contributed by atoms with Gasteiger partial charge in [-0.3, -0.25) is 9.69 Å². The fraction of sp³-hybridized carbons (Fsp3) is 0.316. The first-order chi connectivity index (χ1) is 14.0. The molecule has 0 aliphatic carbocycles. The molecule has 1 aromatic carbocycles. The molecule has 0 saturated carbocycles. The summed E-state index contributed by atoms with van der Waals surface area (Å²) in [6, 6.07) is 6.49. The maximum Gasteiger partial charge on any atom is 0.356 e. The number of benzene rings is 1. The Hall–Kier alpha value is -2.43. The smallest absolute Gasteiger partial charge is 0.356 e. The molecular weight excluding hydrogens is 416 g/mol. The molecule has 2 heterocycles. The first-order valence-corrected chi connectivity index (χ1v) is 10.5. The number of esters is 2. The average Bonchev–Trinajstić information content (AvgIpc) is 2.76. The van der Waals surface area contributed by atoms with Gasteiger partial charge in [0, 0.05) is 16.7 Å². The molecule has 1 amide bonds. The third-order valence-electron chi connectivity index (χ3n) is 4.31. The lowest BCUT2D eigenvalue weighted by Gasteiger charge is -2.48. The van der Waals surface area contributed by atoms with Crippen LogP contribution in [0.4, 0.5) is 0 Å². The Labute approximate surface area is 176 Å². The number of fused-ring (bicyclic) bond motifs is 1. The van der Waals surface area contributed by atoms with Crippen LogP contribution in [0.15, 0.2) is 46.4 Å². The first kappa shape index (κ1) is 21.3. The van der Waals surface area contributed by atoms with Crippen LogP contribution in [0, 0.1) is 0 Å². The van der Waals surface area contributed by atoms with E-state index in [1.54, 1.807) is 31.4 Å². The van der Waals surface area contributed by atoms with Gasteiger partial charge in [0.1, 0.15) is 29.5 Å². The number of carbonyl (C=O) groups is 3. The van der Waals surface area contributed by atoms with Crippen LogP contribution in [-0.2, 0) is 30.5 Å². The van der Waals surface area contributed by atoms with E-state index in [-0.39, 0.29) is 23.6 Å². The van der Waals surface area contributed by atoms with E-state index in [1.165, 1.54) is 47.0 Å². The predicted molar refractivity (Wildman–Crippen MR) is 110 cm³/mol. The van der Waals surface area contributed by atoms with Crippen molar-refractivity contribution in [2.24, 2.45) is 5.73 Å². The monoisotopic (exact) mass is 436 g/mol. The number of hydrogen-bond acceptors (Lipinski definition) is 9. The maximum absolute atomic E-state index is 12.8. The number of carbonyl (C=O) groups excluding carboxylic acids is 3. The third kappa shape index (κ3) is 4.60. The van der Waals surface area contributed by atoms with E-state index in [9.17, 15) is 14.4 Å². The number of methoxy groups -OCH3 is 2. The molecule has 0 radical (unpaired) electrons. The van der Waals surface area contributed by atoms with Crippen molar-refractivity contribution in [2.75, 3.05) is 20.0 Å². The lowest BCUT2D eigenvalue weighted by atomic mass is 10.1. The van der Waals surface area contributed by atoms with Crippen molar-refractivity contribution in [1.29, 1.82) is 0 Å². The summed E-state index contributed by atoms with van der Waals surface area (Å²) in [4.78, 5) is 38.3. The summed E-state index contributed by atoms with van der Waals surface area (Å²) in [7, 11) is 2.85. The van der Waals surface area contributed by atoms with Gasteiger partial charge in [-0.2, -0.15) is 0 Å². The van der Waals surface area contributed by atoms with Gasteiger partial charge in [-0.15, -0.1) is 11.8 Å². The van der Waals surface area contributed by atoms with Crippen molar-refractivity contribution in [3.8, 4) is 5.75 Å². The Morgan fingerprint density at radius 3 is 2.69 bits per heavy atom. The lowest BCUT2D eigenvalue weighted by molar-refractivity contribution is -0.151. The summed E-state index contributed by atoms with van der Waals surface area (Å²) < 4.78 is 15.1. The summed E-state index contributed by atoms with van der Waals surface area (Å²) in [5, 5.41) is 1.23. The van der Waals surface area contributed by atoms with Crippen molar-refractivity contribution >= 4 is 41.4 Å². The van der Waals surface area contributed by atoms with Crippen LogP contribution >= 0.6 is 23.5 Å². The summed E-state index contributed by atoms with van der Waals surface area (Å²) >= 11 is 2.64. The number of nitrogens with zero attached hydrogens (tertiary/aromatic N) is 1. The SMILES string of the molecule is COC(=O)/C=C\SC1=C(C(=O)OCc2ccc(OC)cc2)N2C(=O)[C@@H](N)[C@H]2SC1. The van der Waals surface area contributed by atoms with Gasteiger partial charge in [-0.1, -0.05) is 23.9 Å². The minimum absolute atomic E-state index is 0.0498. The Bertz CT molecular complexity index is 868. The fourth-order valence-corrected chi connectivity index (χ4v) is 5.00. The van der Waals surface area contributed by atoms with Crippen LogP contribution in [-0.4, -0.2) is 54.1 Å². The number of amides is 1. The molecule has 8 nitrogen and oxygen atoms in total. The van der Waals surface area contributed by atoms with Crippen LogP contribution in [0.2, 0.25) is 0 Å². The molecule has 1 saturated heterocycles. The Morgan fingerprint density at radius 1 is 1.31 bits per heavy atom. The largest absolute Gasteiger partial charge is 0.497 e. The molecule has 2 aliphatic heterocycles. The second kappa shape index (κ2) is 9.38. The van der Waals surface area contributed by atoms with Gasteiger partial charge >= 0.3 is 11.9 Å². The number of rotatable bonds is 7. The summed E-state index contributed by atoms with van der Waals surface area (Å²) in [5.74, 6) is -0.268. The van der Waals surface area contributed by atoms with Gasteiger partial charge in [-0.05, 0) is 23.1 Å². The molecule has 2 atom stereocenters. The van der Waals surface area contributed by atoms with Crippen molar-refractivity contribution in [3.63, 3.8) is 0 Å². The standard InChI is InChI=1S/C19H20N2O6S2/c1-25-12-5-3-11(4-6-12)9-27-19(24)16-13(28-8-7-14(22)26-2)10-29-18-15(20)17(23)21(16)18/h3-8,15,18H,9-10,20H2,1-2H3/b8-7-/t15-,18-/m1/s1. The molecule has 154 valence electrons. The van der Waals surface area contributed by atoms with Gasteiger partial charge in [0.15, 0.2) is 0 Å². The highest BCUT2D eigenvalue weighted by molar-refractivity contribution is 8.08. The molecule has 1 aromatic rings. The van der Waals surface area contributed by atoms with Gasteiger partial charge in [0.05, 0.1) is 14.2 Å². The van der Waals surface area contributed by atoms with Gasteiger partial charge in [0.2, 0.25) is 5.91 Å². The Morgan fingerprint density at radius 2 is 2.03 bits per heavy atom. The quantitative estimate of drug-likeness (QED) is 0.387. The summed E-state index contributed by atoms with van der Waals surface area (Å²) in [5.41, 5.74) is 6.81. The molecule has 0 bridgehead atoms. The third-order valence-corrected chi connectivity index (χ3v) is 6.69. The van der Waals surface area contributed by atoms with E-state index in [1.807, 2.05) is 0 Å². The van der Waals surface area contributed by atoms with E-state index < -0.39 is 18.0 Å². The van der Waals surface area contributed by atoms with Crippen molar-refractivity contribution in [2.45, 2.75) is 18.0 Å². The minimum Gasteiger partial charge on any atom is -0.497 e. The number of ether oxygens (including phenoxy) is 3. The molecule has 2 N–H and O–H groups in total. The van der Waals surface area contributed by atoms with E-state index in [0.717, 1.165) is 5.56 Å². The van der Waals surface area contributed by atoms with E-state index in [0.29, 0.717) is 16.4 Å². The highest BCUT2D eigenvalue weighted by atomic mass is 32.2. The van der Waals surface area contributed by atoms with Crippen LogP contribution in [0.3, 0.4) is 0 Å². The minimum atomic E-state index is -0.637. The zero-order valence-electron chi connectivity index (χ0n) is 15.8. The second-order valence-electron chi connectivity index (χ2n) is 6.08. The predicted octanol–water partition coefficient (Wildman–Crippen LogP) is 1.61. The van der Waals surface area contributed by atoms with Gasteiger partial charge in [0.25, 0.3) is 0 Å². The fourth-order valence-electron chi connectivity index (χ4n) is 2.75. The molecular formula is C19H20N2O6S2. The van der Waals surface area contributed by atoms with Crippen molar-refractivity contribution < 1.29 is 28.6 Å². The van der Waals surface area contributed by atoms with E-state index in [2.05, 4.69) is 4.74 Å². The molecule has 10 heteroatoms. The zero-order chi connectivity index (χ0) is 21.0. The van der Waals surface area contributed by atoms with Gasteiger partial charge < -0.3 is 19.9 Å².